The first-order valence-electron chi connectivity index (χ1n) is 28.3. The summed E-state index contributed by atoms with van der Waals surface area (Å²) >= 11 is 0. The first-order chi connectivity index (χ1) is 31.0. The zero-order chi connectivity index (χ0) is 45.8. The van der Waals surface area contributed by atoms with Crippen molar-refractivity contribution >= 4 is 5.97 Å². The Labute approximate surface area is 395 Å². The number of rotatable bonds is 54. The van der Waals surface area contributed by atoms with Crippen LogP contribution in [-0.2, 0) is 23.7 Å². The molecular weight excluding hydrogens is 779 g/mol. The van der Waals surface area contributed by atoms with E-state index in [1.165, 1.54) is 244 Å². The summed E-state index contributed by atoms with van der Waals surface area (Å²) in [7, 11) is 4.33. The van der Waals surface area contributed by atoms with Gasteiger partial charge in [-0.1, -0.05) is 219 Å². The second kappa shape index (κ2) is 53.7. The second-order valence-corrected chi connectivity index (χ2v) is 19.5. The Morgan fingerprint density at radius 3 is 1.27 bits per heavy atom. The van der Waals surface area contributed by atoms with Gasteiger partial charge in [-0.25, -0.2) is 0 Å². The summed E-state index contributed by atoms with van der Waals surface area (Å²) < 4.78 is 24.6. The van der Waals surface area contributed by atoms with Crippen LogP contribution in [0.5, 0.6) is 0 Å². The largest absolute Gasteiger partial charge is 0.461 e. The minimum atomic E-state index is -0.0433. The number of unbranched alkanes of at least 4 members (excludes halogenated alkanes) is 32. The topological polar surface area (TPSA) is 57.2 Å². The summed E-state index contributed by atoms with van der Waals surface area (Å²) in [5, 5.41) is 0. The predicted octanol–water partition coefficient (Wildman–Crippen LogP) is 17.8. The SMILES string of the molecule is CCCCCC/C=C\COC(=O)CCCCCCCCCC(CCCCCCCCCC(OCCCCCCCCCC)OCCCCCCCCCC)OCCCCCN(C)C. The summed E-state index contributed by atoms with van der Waals surface area (Å²) in [6, 6.07) is 0. The lowest BCUT2D eigenvalue weighted by Gasteiger charge is -2.19. The van der Waals surface area contributed by atoms with Gasteiger partial charge >= 0.3 is 5.97 Å². The van der Waals surface area contributed by atoms with Crippen molar-refractivity contribution in [2.75, 3.05) is 47.1 Å². The Balaban J connectivity index is 4.30. The van der Waals surface area contributed by atoms with Crippen LogP contribution in [0, 0.1) is 0 Å². The van der Waals surface area contributed by atoms with E-state index >= 15 is 0 Å². The number of hydrogen-bond donors (Lipinski definition) is 0. The van der Waals surface area contributed by atoms with Gasteiger partial charge in [0.2, 0.25) is 0 Å². The number of allylic oxidation sites excluding steroid dienone is 1. The monoisotopic (exact) mass is 892 g/mol. The van der Waals surface area contributed by atoms with E-state index in [0.29, 0.717) is 19.1 Å². The number of hydrogen-bond acceptors (Lipinski definition) is 6. The summed E-state index contributed by atoms with van der Waals surface area (Å²) in [5.74, 6) is -0.0433. The Morgan fingerprint density at radius 2 is 0.794 bits per heavy atom. The number of esters is 1. The smallest absolute Gasteiger partial charge is 0.306 e. The zero-order valence-electron chi connectivity index (χ0n) is 43.5. The Bertz CT molecular complexity index is 874. The van der Waals surface area contributed by atoms with Crippen LogP contribution in [0.25, 0.3) is 0 Å². The molecule has 6 heteroatoms. The highest BCUT2D eigenvalue weighted by atomic mass is 16.7. The van der Waals surface area contributed by atoms with Crippen molar-refractivity contribution in [2.45, 2.75) is 303 Å². The van der Waals surface area contributed by atoms with E-state index in [1.54, 1.807) is 0 Å². The molecule has 0 aliphatic rings. The molecule has 1 unspecified atom stereocenters. The van der Waals surface area contributed by atoms with Crippen molar-refractivity contribution < 1.29 is 23.7 Å². The van der Waals surface area contributed by atoms with Crippen molar-refractivity contribution in [3.8, 4) is 0 Å². The van der Waals surface area contributed by atoms with Crippen molar-refractivity contribution in [1.29, 1.82) is 0 Å². The minimum Gasteiger partial charge on any atom is -0.461 e. The Morgan fingerprint density at radius 1 is 0.413 bits per heavy atom. The molecule has 0 aromatic rings. The zero-order valence-corrected chi connectivity index (χ0v) is 43.5. The highest BCUT2D eigenvalue weighted by molar-refractivity contribution is 5.69. The van der Waals surface area contributed by atoms with E-state index in [0.717, 1.165) is 45.5 Å². The average Bonchev–Trinajstić information content (AvgIpc) is 3.27. The lowest BCUT2D eigenvalue weighted by molar-refractivity contribution is -0.148. The number of carbonyl (C=O) groups is 1. The molecule has 0 radical (unpaired) electrons. The van der Waals surface area contributed by atoms with Gasteiger partial charge in [0, 0.05) is 26.2 Å². The minimum absolute atomic E-state index is 0.00577. The molecule has 63 heavy (non-hydrogen) atoms. The van der Waals surface area contributed by atoms with Crippen LogP contribution >= 0.6 is 0 Å². The molecule has 376 valence electrons. The van der Waals surface area contributed by atoms with Crippen LogP contribution in [0.4, 0.5) is 0 Å². The summed E-state index contributed by atoms with van der Waals surface area (Å²) in [5.41, 5.74) is 0. The summed E-state index contributed by atoms with van der Waals surface area (Å²) in [6.07, 6.45) is 57.6. The van der Waals surface area contributed by atoms with Gasteiger partial charge in [0.1, 0.15) is 6.61 Å². The molecule has 0 aromatic carbocycles. The molecule has 6 nitrogen and oxygen atoms in total. The maximum absolute atomic E-state index is 12.1. The Hall–Kier alpha value is -0.950. The number of carbonyl (C=O) groups excluding carboxylic acids is 1. The molecule has 0 saturated carbocycles. The number of nitrogens with zero attached hydrogens (tertiary/aromatic N) is 1. The van der Waals surface area contributed by atoms with E-state index < -0.39 is 0 Å². The molecular formula is C57H113NO5. The maximum Gasteiger partial charge on any atom is 0.306 e. The molecule has 0 spiro atoms. The van der Waals surface area contributed by atoms with Crippen LogP contribution < -0.4 is 0 Å². The van der Waals surface area contributed by atoms with Gasteiger partial charge in [0.05, 0.1) is 6.10 Å². The van der Waals surface area contributed by atoms with Crippen molar-refractivity contribution in [3.63, 3.8) is 0 Å². The van der Waals surface area contributed by atoms with Crippen LogP contribution in [0.2, 0.25) is 0 Å². The molecule has 0 rings (SSSR count). The maximum atomic E-state index is 12.1. The molecule has 0 bridgehead atoms. The van der Waals surface area contributed by atoms with Gasteiger partial charge in [0.15, 0.2) is 6.29 Å². The molecule has 0 aliphatic carbocycles. The van der Waals surface area contributed by atoms with Crippen LogP contribution in [0.3, 0.4) is 0 Å². The van der Waals surface area contributed by atoms with E-state index in [-0.39, 0.29) is 12.3 Å². The summed E-state index contributed by atoms with van der Waals surface area (Å²) in [6.45, 7) is 11.1. The van der Waals surface area contributed by atoms with Crippen LogP contribution in [-0.4, -0.2) is 70.3 Å². The molecule has 0 saturated heterocycles. The fraction of sp³-hybridized carbons (Fsp3) is 0.947. The van der Waals surface area contributed by atoms with Gasteiger partial charge in [-0.15, -0.1) is 0 Å². The molecule has 1 atom stereocenters. The molecule has 0 heterocycles. The standard InChI is InChI=1S/C57H113NO5/c1-6-9-12-15-18-27-34-43-53-62-57(63-54-44-35-28-19-16-13-10-7-2)49-40-32-25-21-23-30-38-47-55(60-51-45-36-41-50-58(4)5)46-37-29-22-20-24-31-39-48-56(59)61-52-42-33-26-17-14-11-8-3/h33,42,55,57H,6-32,34-41,43-54H2,1-5H3/b42-33-. The fourth-order valence-corrected chi connectivity index (χ4v) is 8.56. The van der Waals surface area contributed by atoms with Crippen molar-refractivity contribution in [1.82, 2.24) is 4.90 Å². The lowest BCUT2D eigenvalue weighted by atomic mass is 10.0. The quantitative estimate of drug-likeness (QED) is 0.0262. The first-order valence-corrected chi connectivity index (χ1v) is 28.3. The van der Waals surface area contributed by atoms with Crippen molar-refractivity contribution in [3.05, 3.63) is 12.2 Å². The van der Waals surface area contributed by atoms with Gasteiger partial charge in [-0.05, 0) is 97.7 Å². The predicted molar refractivity (Wildman–Crippen MR) is 275 cm³/mol. The lowest BCUT2D eigenvalue weighted by Crippen LogP contribution is -2.19. The average molecular weight is 893 g/mol. The molecule has 0 N–H and O–H groups in total. The van der Waals surface area contributed by atoms with Gasteiger partial charge in [-0.2, -0.15) is 0 Å². The van der Waals surface area contributed by atoms with Crippen LogP contribution in [0.15, 0.2) is 12.2 Å². The van der Waals surface area contributed by atoms with Crippen molar-refractivity contribution in [2.24, 2.45) is 0 Å². The first kappa shape index (κ1) is 62.1. The molecule has 0 fully saturated rings. The van der Waals surface area contributed by atoms with Gasteiger partial charge < -0.3 is 23.8 Å². The fourth-order valence-electron chi connectivity index (χ4n) is 8.56. The normalized spacial score (nSPS) is 12.4. The van der Waals surface area contributed by atoms with E-state index in [1.807, 2.05) is 6.08 Å². The molecule has 0 aromatic heterocycles. The molecule has 0 aliphatic heterocycles. The highest BCUT2D eigenvalue weighted by Gasteiger charge is 2.11. The third kappa shape index (κ3) is 51.9. The molecule has 0 amide bonds. The third-order valence-electron chi connectivity index (χ3n) is 12.8. The van der Waals surface area contributed by atoms with Gasteiger partial charge in [0.25, 0.3) is 0 Å². The van der Waals surface area contributed by atoms with Crippen LogP contribution in [0.1, 0.15) is 290 Å². The summed E-state index contributed by atoms with van der Waals surface area (Å²) in [4.78, 5) is 14.3. The highest BCUT2D eigenvalue weighted by Crippen LogP contribution is 2.20. The van der Waals surface area contributed by atoms with E-state index in [9.17, 15) is 4.79 Å². The van der Waals surface area contributed by atoms with Gasteiger partial charge in [-0.3, -0.25) is 4.79 Å². The Kier molecular flexibility index (Phi) is 52.9. The van der Waals surface area contributed by atoms with E-state index in [4.69, 9.17) is 18.9 Å². The third-order valence-corrected chi connectivity index (χ3v) is 12.8. The van der Waals surface area contributed by atoms with E-state index in [2.05, 4.69) is 45.8 Å². The number of ether oxygens (including phenoxy) is 4. The second-order valence-electron chi connectivity index (χ2n) is 19.5.